The van der Waals surface area contributed by atoms with Crippen molar-refractivity contribution in [2.45, 2.75) is 51.4 Å². The van der Waals surface area contributed by atoms with Gasteiger partial charge >= 0.3 is 0 Å². The Kier molecular flexibility index (Phi) is 3.86. The Balaban J connectivity index is 1.99. The molecule has 0 aromatic rings. The predicted molar refractivity (Wildman–Crippen MR) is 61.3 cm³/mol. The van der Waals surface area contributed by atoms with Crippen molar-refractivity contribution in [2.24, 2.45) is 5.92 Å². The van der Waals surface area contributed by atoms with E-state index in [-0.39, 0.29) is 0 Å². The summed E-state index contributed by atoms with van der Waals surface area (Å²) in [5.41, 5.74) is 0. The van der Waals surface area contributed by atoms with E-state index in [1.807, 2.05) is 0 Å². The number of nitrogens with zero attached hydrogens (tertiary/aromatic N) is 1. The molecule has 2 rings (SSSR count). The lowest BCUT2D eigenvalue weighted by Gasteiger charge is -2.20. The monoisotopic (exact) mass is 214 g/mol. The number of halogens is 1. The SMILES string of the molecule is ClC(C1CCCCC1)=[N+]1CCCCC1. The van der Waals surface area contributed by atoms with Crippen LogP contribution in [0.4, 0.5) is 0 Å². The molecule has 0 bridgehead atoms. The van der Waals surface area contributed by atoms with Crippen molar-refractivity contribution in [3.05, 3.63) is 0 Å². The first kappa shape index (κ1) is 10.5. The molecule has 0 N–H and O–H groups in total. The Morgan fingerprint density at radius 3 is 2.07 bits per heavy atom. The number of hydrogen-bond acceptors (Lipinski definition) is 0. The molecular formula is C12H21ClN+. The van der Waals surface area contributed by atoms with Crippen molar-refractivity contribution in [1.29, 1.82) is 0 Å². The van der Waals surface area contributed by atoms with Gasteiger partial charge in [-0.05, 0) is 30.9 Å². The molecule has 1 aliphatic heterocycles. The molecule has 1 saturated heterocycles. The molecule has 0 aromatic heterocycles. The van der Waals surface area contributed by atoms with Gasteiger partial charge in [-0.2, -0.15) is 0 Å². The summed E-state index contributed by atoms with van der Waals surface area (Å²) in [7, 11) is 0. The van der Waals surface area contributed by atoms with Gasteiger partial charge in [0.25, 0.3) is 0 Å². The summed E-state index contributed by atoms with van der Waals surface area (Å²) in [6.07, 6.45) is 10.9. The first-order valence-electron chi connectivity index (χ1n) is 6.15. The van der Waals surface area contributed by atoms with E-state index in [2.05, 4.69) is 4.58 Å². The highest BCUT2D eigenvalue weighted by molar-refractivity contribution is 6.64. The van der Waals surface area contributed by atoms with Gasteiger partial charge in [-0.15, -0.1) is 0 Å². The van der Waals surface area contributed by atoms with Crippen LogP contribution in [-0.4, -0.2) is 22.8 Å². The average molecular weight is 215 g/mol. The summed E-state index contributed by atoms with van der Waals surface area (Å²) in [6, 6.07) is 0. The van der Waals surface area contributed by atoms with Gasteiger partial charge in [-0.25, -0.2) is 4.58 Å². The van der Waals surface area contributed by atoms with Crippen molar-refractivity contribution >= 4 is 16.8 Å². The second-order valence-corrected chi connectivity index (χ2v) is 5.09. The molecule has 0 amide bonds. The van der Waals surface area contributed by atoms with Gasteiger partial charge in [0.05, 0.1) is 5.92 Å². The van der Waals surface area contributed by atoms with Crippen molar-refractivity contribution in [3.63, 3.8) is 0 Å². The van der Waals surface area contributed by atoms with Gasteiger partial charge < -0.3 is 0 Å². The smallest absolute Gasteiger partial charge is 0.223 e. The third-order valence-electron chi connectivity index (χ3n) is 3.60. The summed E-state index contributed by atoms with van der Waals surface area (Å²) in [5.74, 6) is 0.698. The van der Waals surface area contributed by atoms with Crippen LogP contribution in [0.1, 0.15) is 51.4 Å². The first-order valence-corrected chi connectivity index (χ1v) is 6.53. The number of hydrogen-bond donors (Lipinski definition) is 0. The Morgan fingerprint density at radius 2 is 1.43 bits per heavy atom. The van der Waals surface area contributed by atoms with E-state index in [0.29, 0.717) is 5.92 Å². The van der Waals surface area contributed by atoms with Crippen LogP contribution in [0.3, 0.4) is 0 Å². The van der Waals surface area contributed by atoms with Crippen molar-refractivity contribution < 1.29 is 4.58 Å². The molecule has 0 spiro atoms. The zero-order valence-corrected chi connectivity index (χ0v) is 9.73. The molecule has 1 aliphatic carbocycles. The third-order valence-corrected chi connectivity index (χ3v) is 4.15. The summed E-state index contributed by atoms with van der Waals surface area (Å²) < 4.78 is 2.43. The Bertz CT molecular complexity index is 208. The topological polar surface area (TPSA) is 3.01 Å². The zero-order valence-electron chi connectivity index (χ0n) is 8.97. The van der Waals surface area contributed by atoms with Crippen molar-refractivity contribution in [1.82, 2.24) is 0 Å². The van der Waals surface area contributed by atoms with Gasteiger partial charge in [0.15, 0.2) is 0 Å². The molecule has 2 aliphatic rings. The van der Waals surface area contributed by atoms with Crippen LogP contribution in [0.15, 0.2) is 0 Å². The van der Waals surface area contributed by atoms with E-state index in [1.54, 1.807) is 0 Å². The fourth-order valence-corrected chi connectivity index (χ4v) is 3.09. The third kappa shape index (κ3) is 2.50. The number of piperidine rings is 1. The molecule has 14 heavy (non-hydrogen) atoms. The Labute approximate surface area is 92.2 Å². The van der Waals surface area contributed by atoms with E-state index in [4.69, 9.17) is 11.6 Å². The highest BCUT2D eigenvalue weighted by atomic mass is 35.5. The van der Waals surface area contributed by atoms with Crippen molar-refractivity contribution in [2.75, 3.05) is 13.1 Å². The lowest BCUT2D eigenvalue weighted by Crippen LogP contribution is -2.29. The molecule has 80 valence electrons. The summed E-state index contributed by atoms with van der Waals surface area (Å²) >= 11 is 6.48. The maximum atomic E-state index is 6.48. The fraction of sp³-hybridized carbons (Fsp3) is 0.917. The molecule has 2 fully saturated rings. The summed E-state index contributed by atoms with van der Waals surface area (Å²) in [4.78, 5) is 0. The van der Waals surface area contributed by atoms with Crippen LogP contribution in [0.5, 0.6) is 0 Å². The zero-order chi connectivity index (χ0) is 9.80. The Hall–Kier alpha value is -0.0400. The lowest BCUT2D eigenvalue weighted by atomic mass is 9.90. The molecule has 0 radical (unpaired) electrons. The van der Waals surface area contributed by atoms with Gasteiger partial charge in [0, 0.05) is 12.8 Å². The summed E-state index contributed by atoms with van der Waals surface area (Å²) in [6.45, 7) is 2.41. The first-order chi connectivity index (χ1) is 6.88. The standard InChI is InChI=1S/C12H21ClN/c13-12(11-7-3-1-4-8-11)14-9-5-2-6-10-14/h11H,1-10H2/q+1. The van der Waals surface area contributed by atoms with E-state index in [9.17, 15) is 0 Å². The van der Waals surface area contributed by atoms with E-state index < -0.39 is 0 Å². The van der Waals surface area contributed by atoms with Crippen LogP contribution in [0, 0.1) is 5.92 Å². The van der Waals surface area contributed by atoms with Gasteiger partial charge in [0.1, 0.15) is 13.1 Å². The van der Waals surface area contributed by atoms with E-state index in [1.165, 1.54) is 69.6 Å². The van der Waals surface area contributed by atoms with Gasteiger partial charge in [0.2, 0.25) is 5.17 Å². The summed E-state index contributed by atoms with van der Waals surface area (Å²) in [5, 5.41) is 1.18. The van der Waals surface area contributed by atoms with Gasteiger partial charge in [-0.1, -0.05) is 19.3 Å². The second kappa shape index (κ2) is 5.16. The minimum atomic E-state index is 0.698. The number of rotatable bonds is 1. The van der Waals surface area contributed by atoms with Crippen LogP contribution in [-0.2, 0) is 0 Å². The second-order valence-electron chi connectivity index (χ2n) is 4.71. The van der Waals surface area contributed by atoms with Crippen LogP contribution in [0.25, 0.3) is 0 Å². The molecular weight excluding hydrogens is 194 g/mol. The van der Waals surface area contributed by atoms with E-state index >= 15 is 0 Å². The van der Waals surface area contributed by atoms with Crippen LogP contribution >= 0.6 is 11.6 Å². The van der Waals surface area contributed by atoms with Crippen LogP contribution in [0.2, 0.25) is 0 Å². The molecule has 1 heterocycles. The maximum absolute atomic E-state index is 6.48. The van der Waals surface area contributed by atoms with E-state index in [0.717, 1.165) is 0 Å². The normalized spacial score (nSPS) is 25.1. The molecule has 1 nitrogen and oxygen atoms in total. The average Bonchev–Trinajstić information content (AvgIpc) is 2.30. The van der Waals surface area contributed by atoms with Gasteiger partial charge in [-0.3, -0.25) is 0 Å². The van der Waals surface area contributed by atoms with Crippen molar-refractivity contribution in [3.8, 4) is 0 Å². The van der Waals surface area contributed by atoms with Crippen LogP contribution < -0.4 is 0 Å². The quantitative estimate of drug-likeness (QED) is 0.589. The molecule has 0 atom stereocenters. The fourth-order valence-electron chi connectivity index (χ4n) is 2.71. The molecule has 0 unspecified atom stereocenters. The minimum absolute atomic E-state index is 0.698. The molecule has 0 aromatic carbocycles. The Morgan fingerprint density at radius 1 is 0.857 bits per heavy atom. The maximum Gasteiger partial charge on any atom is 0.248 e. The predicted octanol–water partition coefficient (Wildman–Crippen LogP) is 3.40. The molecule has 1 saturated carbocycles. The highest BCUT2D eigenvalue weighted by Gasteiger charge is 2.26. The minimum Gasteiger partial charge on any atom is -0.223 e. The molecule has 2 heteroatoms. The largest absolute Gasteiger partial charge is 0.248 e. The lowest BCUT2D eigenvalue weighted by molar-refractivity contribution is -0.537. The highest BCUT2D eigenvalue weighted by Crippen LogP contribution is 2.26.